The summed E-state index contributed by atoms with van der Waals surface area (Å²) in [5, 5.41) is 6.65. The second kappa shape index (κ2) is 8.67. The number of hydrogen-bond acceptors (Lipinski definition) is 6. The number of nitrogens with one attached hydrogen (secondary N) is 2. The van der Waals surface area contributed by atoms with Crippen LogP contribution in [0.1, 0.15) is 30.4 Å². The highest BCUT2D eigenvalue weighted by molar-refractivity contribution is 5.73. The van der Waals surface area contributed by atoms with Gasteiger partial charge in [-0.25, -0.2) is 9.97 Å². The standard InChI is InChI=1S/C19H28N6/c1-15-5-7-16(8-6-15)13-22-19-17(20)18(23-14-24-19)21-9-12-25-10-3-2-4-11-25/h5-8,14H,2-4,9-13,20H2,1H3,(H2,21,22,23,24). The van der Waals surface area contributed by atoms with E-state index in [2.05, 4.69) is 56.7 Å². The fourth-order valence-corrected chi connectivity index (χ4v) is 3.08. The minimum absolute atomic E-state index is 0.577. The van der Waals surface area contributed by atoms with Crippen molar-refractivity contribution in [2.24, 2.45) is 0 Å². The Balaban J connectivity index is 1.52. The largest absolute Gasteiger partial charge is 0.393 e. The van der Waals surface area contributed by atoms with E-state index in [1.807, 2.05) is 0 Å². The molecule has 1 aliphatic rings. The molecule has 0 aliphatic carbocycles. The maximum Gasteiger partial charge on any atom is 0.155 e. The molecule has 1 aromatic heterocycles. The summed E-state index contributed by atoms with van der Waals surface area (Å²) in [7, 11) is 0. The average Bonchev–Trinajstić information content (AvgIpc) is 2.64. The maximum atomic E-state index is 6.23. The minimum atomic E-state index is 0.577. The van der Waals surface area contributed by atoms with Gasteiger partial charge in [-0.3, -0.25) is 0 Å². The summed E-state index contributed by atoms with van der Waals surface area (Å²) in [5.41, 5.74) is 9.26. The maximum absolute atomic E-state index is 6.23. The quantitative estimate of drug-likeness (QED) is 0.719. The predicted molar refractivity (Wildman–Crippen MR) is 104 cm³/mol. The van der Waals surface area contributed by atoms with Gasteiger partial charge >= 0.3 is 0 Å². The predicted octanol–water partition coefficient (Wildman–Crippen LogP) is 2.88. The smallest absolute Gasteiger partial charge is 0.155 e. The van der Waals surface area contributed by atoms with Crippen LogP contribution in [0, 0.1) is 6.92 Å². The number of benzene rings is 1. The first-order chi connectivity index (χ1) is 12.2. The fourth-order valence-electron chi connectivity index (χ4n) is 3.08. The van der Waals surface area contributed by atoms with Gasteiger partial charge in [0.1, 0.15) is 12.0 Å². The van der Waals surface area contributed by atoms with Crippen molar-refractivity contribution in [3.63, 3.8) is 0 Å². The molecule has 0 radical (unpaired) electrons. The minimum Gasteiger partial charge on any atom is -0.393 e. The van der Waals surface area contributed by atoms with Gasteiger partial charge < -0.3 is 21.3 Å². The van der Waals surface area contributed by atoms with Gasteiger partial charge in [0.15, 0.2) is 11.6 Å². The Labute approximate surface area is 149 Å². The Kier molecular flexibility index (Phi) is 6.06. The molecular weight excluding hydrogens is 312 g/mol. The van der Waals surface area contributed by atoms with E-state index in [4.69, 9.17) is 5.73 Å². The topological polar surface area (TPSA) is 79.1 Å². The van der Waals surface area contributed by atoms with Crippen LogP contribution in [0.5, 0.6) is 0 Å². The first-order valence-electron chi connectivity index (χ1n) is 9.08. The van der Waals surface area contributed by atoms with Crippen LogP contribution in [0.25, 0.3) is 0 Å². The van der Waals surface area contributed by atoms with Crippen LogP contribution >= 0.6 is 0 Å². The summed E-state index contributed by atoms with van der Waals surface area (Å²) in [5.74, 6) is 1.38. The Hall–Kier alpha value is -2.34. The lowest BCUT2D eigenvalue weighted by Crippen LogP contribution is -2.33. The van der Waals surface area contributed by atoms with Gasteiger partial charge in [0.05, 0.1) is 0 Å². The SMILES string of the molecule is Cc1ccc(CNc2ncnc(NCCN3CCCCC3)c2N)cc1. The highest BCUT2D eigenvalue weighted by atomic mass is 15.2. The molecule has 6 nitrogen and oxygen atoms in total. The summed E-state index contributed by atoms with van der Waals surface area (Å²) in [6, 6.07) is 8.43. The highest BCUT2D eigenvalue weighted by Crippen LogP contribution is 2.22. The van der Waals surface area contributed by atoms with E-state index in [-0.39, 0.29) is 0 Å². The number of nitrogen functional groups attached to an aromatic ring is 1. The molecule has 0 unspecified atom stereocenters. The van der Waals surface area contributed by atoms with E-state index >= 15 is 0 Å². The molecule has 1 saturated heterocycles. The molecule has 2 aromatic rings. The molecule has 2 heterocycles. The molecule has 0 spiro atoms. The van der Waals surface area contributed by atoms with Crippen LogP contribution in [-0.4, -0.2) is 41.0 Å². The second-order valence-corrected chi connectivity index (χ2v) is 6.65. The first kappa shape index (κ1) is 17.5. The third-order valence-corrected chi connectivity index (χ3v) is 4.63. The third-order valence-electron chi connectivity index (χ3n) is 4.63. The number of aromatic nitrogens is 2. The molecule has 1 fully saturated rings. The van der Waals surface area contributed by atoms with Gasteiger partial charge in [-0.1, -0.05) is 36.2 Å². The van der Waals surface area contributed by atoms with Crippen LogP contribution in [0.15, 0.2) is 30.6 Å². The zero-order valence-electron chi connectivity index (χ0n) is 15.0. The van der Waals surface area contributed by atoms with E-state index in [0.717, 1.165) is 13.1 Å². The molecule has 3 rings (SSSR count). The number of nitrogens with two attached hydrogens (primary N) is 1. The molecule has 1 aromatic carbocycles. The van der Waals surface area contributed by atoms with Crippen LogP contribution < -0.4 is 16.4 Å². The number of aryl methyl sites for hydroxylation is 1. The fraction of sp³-hybridized carbons (Fsp3) is 0.474. The normalized spacial score (nSPS) is 15.1. The number of hydrogen-bond donors (Lipinski definition) is 3. The van der Waals surface area contributed by atoms with Crippen molar-refractivity contribution in [3.8, 4) is 0 Å². The molecule has 0 saturated carbocycles. The lowest BCUT2D eigenvalue weighted by molar-refractivity contribution is 0.237. The van der Waals surface area contributed by atoms with Gasteiger partial charge in [0.2, 0.25) is 0 Å². The second-order valence-electron chi connectivity index (χ2n) is 6.65. The zero-order chi connectivity index (χ0) is 17.5. The Morgan fingerprint density at radius 1 is 1.00 bits per heavy atom. The van der Waals surface area contributed by atoms with Crippen LogP contribution in [0.4, 0.5) is 17.3 Å². The van der Waals surface area contributed by atoms with Gasteiger partial charge in [-0.15, -0.1) is 0 Å². The number of likely N-dealkylation sites (tertiary alicyclic amines) is 1. The number of nitrogens with zero attached hydrogens (tertiary/aromatic N) is 3. The third kappa shape index (κ3) is 5.06. The summed E-state index contributed by atoms with van der Waals surface area (Å²) in [6.45, 7) is 7.04. The molecule has 134 valence electrons. The van der Waals surface area contributed by atoms with Crippen molar-refractivity contribution >= 4 is 17.3 Å². The Morgan fingerprint density at radius 3 is 2.40 bits per heavy atom. The molecule has 0 atom stereocenters. The summed E-state index contributed by atoms with van der Waals surface area (Å²) < 4.78 is 0. The van der Waals surface area contributed by atoms with Gasteiger partial charge in [-0.2, -0.15) is 0 Å². The average molecular weight is 340 g/mol. The van der Waals surface area contributed by atoms with Gasteiger partial charge in [-0.05, 0) is 38.4 Å². The Morgan fingerprint density at radius 2 is 1.68 bits per heavy atom. The van der Waals surface area contributed by atoms with Crippen molar-refractivity contribution < 1.29 is 0 Å². The molecule has 6 heteroatoms. The summed E-state index contributed by atoms with van der Waals surface area (Å²) in [4.78, 5) is 11.0. The van der Waals surface area contributed by atoms with Crippen molar-refractivity contribution in [2.45, 2.75) is 32.7 Å². The van der Waals surface area contributed by atoms with E-state index in [9.17, 15) is 0 Å². The van der Waals surface area contributed by atoms with Crippen molar-refractivity contribution in [2.75, 3.05) is 42.5 Å². The van der Waals surface area contributed by atoms with Crippen LogP contribution in [-0.2, 0) is 6.54 Å². The van der Waals surface area contributed by atoms with E-state index in [1.165, 1.54) is 43.5 Å². The molecule has 0 bridgehead atoms. The van der Waals surface area contributed by atoms with Gasteiger partial charge in [0.25, 0.3) is 0 Å². The van der Waals surface area contributed by atoms with E-state index < -0.39 is 0 Å². The summed E-state index contributed by atoms with van der Waals surface area (Å²) in [6.07, 6.45) is 5.53. The molecule has 25 heavy (non-hydrogen) atoms. The lowest BCUT2D eigenvalue weighted by Gasteiger charge is -2.26. The van der Waals surface area contributed by atoms with Gasteiger partial charge in [0, 0.05) is 19.6 Å². The number of rotatable bonds is 7. The van der Waals surface area contributed by atoms with E-state index in [0.29, 0.717) is 23.9 Å². The summed E-state index contributed by atoms with van der Waals surface area (Å²) >= 11 is 0. The van der Waals surface area contributed by atoms with Crippen LogP contribution in [0.2, 0.25) is 0 Å². The van der Waals surface area contributed by atoms with Crippen molar-refractivity contribution in [3.05, 3.63) is 41.7 Å². The van der Waals surface area contributed by atoms with Crippen molar-refractivity contribution in [1.29, 1.82) is 0 Å². The highest BCUT2D eigenvalue weighted by Gasteiger charge is 2.11. The molecule has 4 N–H and O–H groups in total. The monoisotopic (exact) mass is 340 g/mol. The lowest BCUT2D eigenvalue weighted by atomic mass is 10.1. The number of anilines is 3. The zero-order valence-corrected chi connectivity index (χ0v) is 15.0. The molecular formula is C19H28N6. The van der Waals surface area contributed by atoms with E-state index in [1.54, 1.807) is 6.33 Å². The molecule has 1 aliphatic heterocycles. The van der Waals surface area contributed by atoms with Crippen molar-refractivity contribution in [1.82, 2.24) is 14.9 Å². The Bertz CT molecular complexity index is 664. The molecule has 0 amide bonds. The number of piperidine rings is 1. The van der Waals surface area contributed by atoms with Crippen LogP contribution in [0.3, 0.4) is 0 Å². The first-order valence-corrected chi connectivity index (χ1v) is 9.08.